The van der Waals surface area contributed by atoms with E-state index in [0.717, 1.165) is 25.0 Å². The van der Waals surface area contributed by atoms with Gasteiger partial charge in [-0.2, -0.15) is 0 Å². The predicted octanol–water partition coefficient (Wildman–Crippen LogP) is 2.82. The Kier molecular flexibility index (Phi) is 6.51. The molecule has 21 heavy (non-hydrogen) atoms. The fourth-order valence-corrected chi connectivity index (χ4v) is 3.92. The van der Waals surface area contributed by atoms with E-state index in [1.807, 2.05) is 0 Å². The van der Waals surface area contributed by atoms with Crippen LogP contribution in [0.4, 0.5) is 0 Å². The van der Waals surface area contributed by atoms with Gasteiger partial charge >= 0.3 is 0 Å². The Morgan fingerprint density at radius 1 is 1.19 bits per heavy atom. The van der Waals surface area contributed by atoms with E-state index in [4.69, 9.17) is 0 Å². The van der Waals surface area contributed by atoms with Crippen molar-refractivity contribution in [1.82, 2.24) is 15.1 Å². The van der Waals surface area contributed by atoms with Gasteiger partial charge in [-0.1, -0.05) is 27.7 Å². The zero-order chi connectivity index (χ0) is 15.3. The third-order valence-corrected chi connectivity index (χ3v) is 5.45. The maximum atomic E-state index is 3.69. The van der Waals surface area contributed by atoms with Crippen molar-refractivity contribution in [3.8, 4) is 0 Å². The van der Waals surface area contributed by atoms with Gasteiger partial charge in [-0.05, 0) is 63.2 Å². The maximum absolute atomic E-state index is 3.69. The smallest absolute Gasteiger partial charge is 0.0223 e. The first-order valence-electron chi connectivity index (χ1n) is 9.19. The third kappa shape index (κ3) is 5.22. The Morgan fingerprint density at radius 3 is 2.67 bits per heavy atom. The highest BCUT2D eigenvalue weighted by atomic mass is 15.3. The van der Waals surface area contributed by atoms with Gasteiger partial charge in [0.2, 0.25) is 0 Å². The molecule has 1 N–H and O–H groups in total. The molecule has 2 rings (SSSR count). The topological polar surface area (TPSA) is 18.5 Å². The molecule has 0 aromatic heterocycles. The van der Waals surface area contributed by atoms with Gasteiger partial charge in [0.05, 0.1) is 0 Å². The Bertz CT molecular complexity index is 305. The molecular weight excluding hydrogens is 258 g/mol. The van der Waals surface area contributed by atoms with E-state index in [1.165, 1.54) is 58.4 Å². The lowest BCUT2D eigenvalue weighted by Crippen LogP contribution is -2.45. The highest BCUT2D eigenvalue weighted by Crippen LogP contribution is 2.26. The summed E-state index contributed by atoms with van der Waals surface area (Å²) in [6, 6.07) is 0.845. The van der Waals surface area contributed by atoms with Gasteiger partial charge in [-0.15, -0.1) is 0 Å². The number of fused-ring (bicyclic) bond motifs is 1. The number of nitrogens with one attached hydrogen (secondary N) is 1. The first kappa shape index (κ1) is 17.2. The summed E-state index contributed by atoms with van der Waals surface area (Å²) in [7, 11) is 0. The van der Waals surface area contributed by atoms with E-state index in [2.05, 4.69) is 42.8 Å². The average Bonchev–Trinajstić information content (AvgIpc) is 2.77. The molecule has 2 atom stereocenters. The van der Waals surface area contributed by atoms with E-state index >= 15 is 0 Å². The van der Waals surface area contributed by atoms with Gasteiger partial charge in [0.1, 0.15) is 0 Å². The van der Waals surface area contributed by atoms with Crippen molar-refractivity contribution < 1.29 is 0 Å². The van der Waals surface area contributed by atoms with Crippen LogP contribution in [0, 0.1) is 11.3 Å². The quantitative estimate of drug-likeness (QED) is 0.779. The van der Waals surface area contributed by atoms with Crippen LogP contribution >= 0.6 is 0 Å². The van der Waals surface area contributed by atoms with Gasteiger partial charge in [0.25, 0.3) is 0 Å². The molecule has 3 nitrogen and oxygen atoms in total. The molecule has 2 aliphatic heterocycles. The van der Waals surface area contributed by atoms with Crippen molar-refractivity contribution in [3.63, 3.8) is 0 Å². The molecule has 2 unspecified atom stereocenters. The lowest BCUT2D eigenvalue weighted by molar-refractivity contribution is 0.142. The largest absolute Gasteiger partial charge is 0.316 e. The molecule has 3 heteroatoms. The van der Waals surface area contributed by atoms with Crippen molar-refractivity contribution in [3.05, 3.63) is 0 Å². The molecule has 0 bridgehead atoms. The number of hydrogen-bond donors (Lipinski definition) is 1. The van der Waals surface area contributed by atoms with Gasteiger partial charge in [-0.3, -0.25) is 4.90 Å². The predicted molar refractivity (Wildman–Crippen MR) is 91.8 cm³/mol. The Morgan fingerprint density at radius 2 is 1.95 bits per heavy atom. The summed E-state index contributed by atoms with van der Waals surface area (Å²) in [5.41, 5.74) is 0.419. The molecular formula is C18H37N3. The van der Waals surface area contributed by atoms with E-state index in [0.29, 0.717) is 5.41 Å². The molecule has 0 saturated carbocycles. The highest BCUT2D eigenvalue weighted by molar-refractivity contribution is 4.88. The third-order valence-electron chi connectivity index (χ3n) is 5.45. The van der Waals surface area contributed by atoms with E-state index in [-0.39, 0.29) is 0 Å². The molecule has 124 valence electrons. The minimum Gasteiger partial charge on any atom is -0.316 e. The first-order valence-corrected chi connectivity index (χ1v) is 9.19. The minimum absolute atomic E-state index is 0.419. The number of rotatable bonds is 7. The van der Waals surface area contributed by atoms with Crippen LogP contribution in [0.2, 0.25) is 0 Å². The first-order chi connectivity index (χ1) is 10.0. The van der Waals surface area contributed by atoms with Gasteiger partial charge < -0.3 is 10.2 Å². The SMILES string of the molecule is CCC(C)(CNCC(C)C)CN1CCCN2CCCC2C1. The summed E-state index contributed by atoms with van der Waals surface area (Å²) < 4.78 is 0. The van der Waals surface area contributed by atoms with E-state index < -0.39 is 0 Å². The molecule has 0 aromatic carbocycles. The monoisotopic (exact) mass is 295 g/mol. The standard InChI is InChI=1S/C18H37N3/c1-5-18(4,14-19-12-16(2)3)15-20-9-7-11-21-10-6-8-17(21)13-20/h16-17,19H,5-15H2,1-4H3. The second-order valence-corrected chi connectivity index (χ2v) is 8.11. The van der Waals surface area contributed by atoms with Crippen LogP contribution in [-0.2, 0) is 0 Å². The van der Waals surface area contributed by atoms with Crippen LogP contribution in [0.1, 0.15) is 53.4 Å². The molecule has 2 fully saturated rings. The molecule has 2 saturated heterocycles. The highest BCUT2D eigenvalue weighted by Gasteiger charge is 2.32. The van der Waals surface area contributed by atoms with E-state index in [9.17, 15) is 0 Å². The zero-order valence-corrected chi connectivity index (χ0v) is 14.8. The van der Waals surface area contributed by atoms with Crippen molar-refractivity contribution in [2.24, 2.45) is 11.3 Å². The van der Waals surface area contributed by atoms with E-state index in [1.54, 1.807) is 0 Å². The van der Waals surface area contributed by atoms with Gasteiger partial charge in [0.15, 0.2) is 0 Å². The number of nitrogens with zero attached hydrogens (tertiary/aromatic N) is 2. The summed E-state index contributed by atoms with van der Waals surface area (Å²) in [6.07, 6.45) is 5.46. The summed E-state index contributed by atoms with van der Waals surface area (Å²) in [5.74, 6) is 0.747. The van der Waals surface area contributed by atoms with Crippen LogP contribution in [0.15, 0.2) is 0 Å². The van der Waals surface area contributed by atoms with Crippen LogP contribution < -0.4 is 5.32 Å². The van der Waals surface area contributed by atoms with Crippen LogP contribution in [-0.4, -0.2) is 61.7 Å². The molecule has 0 radical (unpaired) electrons. The van der Waals surface area contributed by atoms with Crippen molar-refractivity contribution in [2.45, 2.75) is 59.4 Å². The second kappa shape index (κ2) is 7.94. The molecule has 2 aliphatic rings. The Hall–Kier alpha value is -0.120. The average molecular weight is 296 g/mol. The Balaban J connectivity index is 1.84. The molecule has 0 aromatic rings. The van der Waals surface area contributed by atoms with Gasteiger partial charge in [-0.25, -0.2) is 0 Å². The van der Waals surface area contributed by atoms with Crippen LogP contribution in [0.25, 0.3) is 0 Å². The maximum Gasteiger partial charge on any atom is 0.0223 e. The van der Waals surface area contributed by atoms with Crippen LogP contribution in [0.5, 0.6) is 0 Å². The summed E-state index contributed by atoms with van der Waals surface area (Å²) >= 11 is 0. The molecule has 2 heterocycles. The summed E-state index contributed by atoms with van der Waals surface area (Å²) in [5, 5.41) is 3.69. The molecule has 0 amide bonds. The second-order valence-electron chi connectivity index (χ2n) is 8.11. The lowest BCUT2D eigenvalue weighted by Gasteiger charge is -2.36. The zero-order valence-electron chi connectivity index (χ0n) is 14.8. The minimum atomic E-state index is 0.419. The number of hydrogen-bond acceptors (Lipinski definition) is 3. The van der Waals surface area contributed by atoms with Crippen molar-refractivity contribution in [1.29, 1.82) is 0 Å². The molecule has 0 spiro atoms. The fourth-order valence-electron chi connectivity index (χ4n) is 3.92. The molecule has 0 aliphatic carbocycles. The van der Waals surface area contributed by atoms with Gasteiger partial charge in [0, 0.05) is 25.7 Å². The van der Waals surface area contributed by atoms with Crippen LogP contribution in [0.3, 0.4) is 0 Å². The fraction of sp³-hybridized carbons (Fsp3) is 1.00. The summed E-state index contributed by atoms with van der Waals surface area (Å²) in [4.78, 5) is 5.50. The summed E-state index contributed by atoms with van der Waals surface area (Å²) in [6.45, 7) is 18.3. The Labute approximate surface area is 132 Å². The normalized spacial score (nSPS) is 27.6. The van der Waals surface area contributed by atoms with Crippen molar-refractivity contribution in [2.75, 3.05) is 45.8 Å². The van der Waals surface area contributed by atoms with Crippen molar-refractivity contribution >= 4 is 0 Å². The lowest BCUT2D eigenvalue weighted by atomic mass is 9.86.